The van der Waals surface area contributed by atoms with Crippen molar-refractivity contribution in [1.29, 1.82) is 0 Å². The molecule has 128 valence electrons. The van der Waals surface area contributed by atoms with E-state index in [1.807, 2.05) is 0 Å². The number of rotatable bonds is 0. The third kappa shape index (κ3) is 3870. The first-order chi connectivity index (χ1) is 6.93. The van der Waals surface area contributed by atoms with Gasteiger partial charge in [-0.2, -0.15) is 0 Å². The molecule has 21 heavy (non-hydrogen) atoms. The van der Waals surface area contributed by atoms with Crippen molar-refractivity contribution in [1.82, 2.24) is 0 Å². The molecule has 0 aromatic carbocycles. The van der Waals surface area contributed by atoms with Crippen LogP contribution in [0, 0.1) is 0 Å². The molecule has 0 aromatic heterocycles. The summed E-state index contributed by atoms with van der Waals surface area (Å²) in [5.74, 6) is 0. The first kappa shape index (κ1) is 57.1. The van der Waals surface area contributed by atoms with Crippen molar-refractivity contribution in [3.8, 4) is 0 Å². The summed E-state index contributed by atoms with van der Waals surface area (Å²) in [4.78, 5) is 0. The molecule has 0 aliphatic heterocycles. The largest absolute Gasteiger partial charge is 0.412 e. The van der Waals surface area contributed by atoms with E-state index in [2.05, 4.69) is 0 Å². The van der Waals surface area contributed by atoms with Crippen molar-refractivity contribution in [2.24, 2.45) is 0 Å². The zero-order chi connectivity index (χ0) is 14.3. The molecule has 0 aromatic rings. The molecule has 0 atom stereocenters. The van der Waals surface area contributed by atoms with Crippen LogP contribution in [-0.2, 0) is 19.5 Å². The van der Waals surface area contributed by atoms with E-state index in [0.29, 0.717) is 0 Å². The smallest absolute Gasteiger partial charge is 0.0483 e. The molecule has 0 bridgehead atoms. The molecule has 6 radical (unpaired) electrons. The van der Waals surface area contributed by atoms with E-state index in [1.54, 1.807) is 55.4 Å². The van der Waals surface area contributed by atoms with Crippen LogP contribution in [0.2, 0.25) is 0 Å². The maximum Gasteiger partial charge on any atom is 0.0483 e. The van der Waals surface area contributed by atoms with Crippen LogP contribution >= 0.6 is 0 Å². The monoisotopic (exact) mass is 394 g/mol. The second-order valence-corrected chi connectivity index (χ2v) is 4.37. The van der Waals surface area contributed by atoms with E-state index >= 15 is 0 Å². The molecule has 0 saturated heterocycles. The Morgan fingerprint density at radius 2 is 0.429 bits per heavy atom. The number of hydrogen-bond acceptors (Lipinski definition) is 4. The van der Waals surface area contributed by atoms with Crippen LogP contribution < -0.4 is 0 Å². The first-order valence-corrected chi connectivity index (χ1v) is 5.65. The van der Waals surface area contributed by atoms with Crippen molar-refractivity contribution in [3.05, 3.63) is 0 Å². The van der Waals surface area contributed by atoms with Crippen molar-refractivity contribution in [3.63, 3.8) is 0 Å². The zero-order valence-corrected chi connectivity index (χ0v) is 20.2. The standard InChI is InChI=1S/4C3H8O.2Al.2H2O.Zn/c4*1-3(2)4;;;;;/h4*3-4H,1-2H3;;;2*1H2;. The number of hydrogen-bond donors (Lipinski definition) is 4. The third-order valence-electron chi connectivity index (χ3n) is 0. The van der Waals surface area contributed by atoms with Gasteiger partial charge >= 0.3 is 0 Å². The maximum absolute atomic E-state index is 8.06. The van der Waals surface area contributed by atoms with E-state index in [1.165, 1.54) is 0 Å². The molecular weight excluding hydrogens is 359 g/mol. The van der Waals surface area contributed by atoms with Gasteiger partial charge in [-0.05, 0) is 55.4 Å². The fraction of sp³-hybridized carbons (Fsp3) is 1.00. The molecule has 0 amide bonds. The molecule has 9 heteroatoms. The van der Waals surface area contributed by atoms with Gasteiger partial charge in [-0.1, -0.05) is 0 Å². The molecule has 0 unspecified atom stereocenters. The molecule has 6 nitrogen and oxygen atoms in total. The van der Waals surface area contributed by atoms with E-state index in [0.717, 1.165) is 0 Å². The summed E-state index contributed by atoms with van der Waals surface area (Å²) >= 11 is 0. The molecule has 8 N–H and O–H groups in total. The summed E-state index contributed by atoms with van der Waals surface area (Å²) in [6, 6.07) is 0. The van der Waals surface area contributed by atoms with Crippen LogP contribution in [0.15, 0.2) is 0 Å². The summed E-state index contributed by atoms with van der Waals surface area (Å²) in [5, 5.41) is 32.2. The number of aliphatic hydroxyl groups excluding tert-OH is 4. The van der Waals surface area contributed by atoms with Gasteiger partial charge < -0.3 is 31.4 Å². The quantitative estimate of drug-likeness (QED) is 0.395. The number of aliphatic hydroxyl groups is 4. The first-order valence-electron chi connectivity index (χ1n) is 5.65. The molecule has 0 aliphatic rings. The van der Waals surface area contributed by atoms with Crippen molar-refractivity contribution in [2.75, 3.05) is 0 Å². The molecule has 0 aliphatic carbocycles. The minimum atomic E-state index is -0.167. The van der Waals surface area contributed by atoms with Gasteiger partial charge in [0.2, 0.25) is 0 Å². The molecule has 0 spiro atoms. The van der Waals surface area contributed by atoms with Crippen molar-refractivity contribution in [2.45, 2.75) is 79.8 Å². The van der Waals surface area contributed by atoms with Gasteiger partial charge in [0.05, 0.1) is 0 Å². The van der Waals surface area contributed by atoms with Crippen LogP contribution in [0.3, 0.4) is 0 Å². The Kier molecular flexibility index (Phi) is 135. The predicted molar refractivity (Wildman–Crippen MR) is 88.2 cm³/mol. The van der Waals surface area contributed by atoms with E-state index in [9.17, 15) is 0 Å². The fourth-order valence-corrected chi connectivity index (χ4v) is 0. The average molecular weight is 396 g/mol. The summed E-state index contributed by atoms with van der Waals surface area (Å²) in [6.07, 6.45) is -0.667. The second-order valence-electron chi connectivity index (χ2n) is 4.37. The zero-order valence-electron chi connectivity index (χ0n) is 15.0. The van der Waals surface area contributed by atoms with Crippen LogP contribution in [-0.4, -0.2) is 90.5 Å². The van der Waals surface area contributed by atoms with Crippen LogP contribution in [0.25, 0.3) is 0 Å². The van der Waals surface area contributed by atoms with Gasteiger partial charge in [-0.15, -0.1) is 0 Å². The average Bonchev–Trinajstić information content (AvgIpc) is 1.76. The van der Waals surface area contributed by atoms with E-state index in [4.69, 9.17) is 20.4 Å². The topological polar surface area (TPSA) is 144 Å². The van der Waals surface area contributed by atoms with Crippen LogP contribution in [0.1, 0.15) is 55.4 Å². The van der Waals surface area contributed by atoms with Gasteiger partial charge in [-0.25, -0.2) is 0 Å². The Morgan fingerprint density at radius 3 is 0.429 bits per heavy atom. The predicted octanol–water partition coefficient (Wildman–Crippen LogP) is -0.865. The minimum Gasteiger partial charge on any atom is -0.412 e. The van der Waals surface area contributed by atoms with Crippen LogP contribution in [0.4, 0.5) is 0 Å². The Labute approximate surface area is 165 Å². The molecule has 0 fully saturated rings. The fourth-order valence-electron chi connectivity index (χ4n) is 0. The van der Waals surface area contributed by atoms with Gasteiger partial charge in [0.15, 0.2) is 0 Å². The Bertz CT molecular complexity index is 74.7. The van der Waals surface area contributed by atoms with Gasteiger partial charge in [0.1, 0.15) is 0 Å². The van der Waals surface area contributed by atoms with Crippen LogP contribution in [0.5, 0.6) is 0 Å². The summed E-state index contributed by atoms with van der Waals surface area (Å²) in [7, 11) is 0. The van der Waals surface area contributed by atoms with E-state index in [-0.39, 0.29) is 89.6 Å². The summed E-state index contributed by atoms with van der Waals surface area (Å²) < 4.78 is 0. The minimum absolute atomic E-state index is 0. The Morgan fingerprint density at radius 1 is 0.429 bits per heavy atom. The van der Waals surface area contributed by atoms with Crippen molar-refractivity contribution < 1.29 is 50.9 Å². The van der Waals surface area contributed by atoms with E-state index < -0.39 is 0 Å². The normalized spacial score (nSPS) is 6.86. The summed E-state index contributed by atoms with van der Waals surface area (Å²) in [5.41, 5.74) is 0. The molecule has 0 saturated carbocycles. The molecular formula is C12H36Al2O6Zn. The Hall–Kier alpha value is 1.45. The third-order valence-corrected chi connectivity index (χ3v) is 0. The second kappa shape index (κ2) is 49.6. The molecule has 0 heterocycles. The van der Waals surface area contributed by atoms with Gasteiger partial charge in [0, 0.05) is 78.6 Å². The Balaban J connectivity index is -0.0000000121. The van der Waals surface area contributed by atoms with Crippen molar-refractivity contribution >= 4 is 34.7 Å². The maximum atomic E-state index is 8.06. The summed E-state index contributed by atoms with van der Waals surface area (Å²) in [6.45, 7) is 13.8. The van der Waals surface area contributed by atoms with Gasteiger partial charge in [-0.3, -0.25) is 0 Å². The SMILES string of the molecule is CC(C)O.CC(C)O.CC(C)O.CC(C)O.O.O.[Al].[Al].[Zn]. The van der Waals surface area contributed by atoms with Gasteiger partial charge in [0.25, 0.3) is 0 Å². The molecule has 0 rings (SSSR count).